The van der Waals surface area contributed by atoms with Crippen molar-refractivity contribution in [1.82, 2.24) is 15.5 Å². The Bertz CT molecular complexity index is 205. The maximum absolute atomic E-state index is 11.6. The van der Waals surface area contributed by atoms with Crippen molar-refractivity contribution in [2.45, 2.75) is 19.4 Å². The van der Waals surface area contributed by atoms with E-state index in [0.29, 0.717) is 13.0 Å². The molecule has 0 bridgehead atoms. The number of nitrogens with one attached hydrogen (secondary N) is 2. The average Bonchev–Trinajstić information content (AvgIpc) is 2.30. The summed E-state index contributed by atoms with van der Waals surface area (Å²) in [5.74, 6) is 0.104. The van der Waals surface area contributed by atoms with Crippen LogP contribution in [0.1, 0.15) is 13.3 Å². The minimum absolute atomic E-state index is 0.104. The van der Waals surface area contributed by atoms with Crippen LogP contribution < -0.4 is 10.6 Å². The zero-order chi connectivity index (χ0) is 11.8. The van der Waals surface area contributed by atoms with Gasteiger partial charge >= 0.3 is 0 Å². The second-order valence-corrected chi connectivity index (χ2v) is 4.18. The molecule has 0 aromatic heterocycles. The summed E-state index contributed by atoms with van der Waals surface area (Å²) in [6, 6.07) is 0.178. The van der Waals surface area contributed by atoms with Crippen LogP contribution in [0.15, 0.2) is 0 Å². The quantitative estimate of drug-likeness (QED) is 0.640. The molecule has 2 N–H and O–H groups in total. The van der Waals surface area contributed by atoms with Crippen molar-refractivity contribution in [2.24, 2.45) is 0 Å². The van der Waals surface area contributed by atoms with E-state index in [1.54, 1.807) is 0 Å². The zero-order valence-corrected chi connectivity index (χ0v) is 10.3. The highest BCUT2D eigenvalue weighted by molar-refractivity contribution is 5.76. The number of hydrogen-bond acceptors (Lipinski definition) is 4. The van der Waals surface area contributed by atoms with Gasteiger partial charge in [0.05, 0.1) is 13.2 Å². The van der Waals surface area contributed by atoms with Crippen molar-refractivity contribution in [3.63, 3.8) is 0 Å². The largest absolute Gasteiger partial charge is 0.378 e. The normalized spacial score (nSPS) is 21.1. The van der Waals surface area contributed by atoms with Crippen LogP contribution >= 0.6 is 0 Å². The predicted molar refractivity (Wildman–Crippen MR) is 63.4 cm³/mol. The highest BCUT2D eigenvalue weighted by atomic mass is 16.5. The van der Waals surface area contributed by atoms with Crippen LogP contribution in [0.4, 0.5) is 0 Å². The fourth-order valence-corrected chi connectivity index (χ4v) is 1.59. The van der Waals surface area contributed by atoms with E-state index in [1.807, 2.05) is 7.05 Å². The molecule has 0 radical (unpaired) electrons. The summed E-state index contributed by atoms with van der Waals surface area (Å²) in [7, 11) is 2.04. The van der Waals surface area contributed by atoms with Gasteiger partial charge < -0.3 is 20.3 Å². The van der Waals surface area contributed by atoms with Crippen molar-refractivity contribution < 1.29 is 9.53 Å². The number of carbonyl (C=O) groups excluding carboxylic acids is 1. The lowest BCUT2D eigenvalue weighted by Gasteiger charge is -2.23. The SMILES string of the molecule is CCN(C)CCNC(=O)CC1COCCN1. The topological polar surface area (TPSA) is 53.6 Å². The lowest BCUT2D eigenvalue weighted by molar-refractivity contribution is -0.122. The molecular formula is C11H23N3O2. The van der Waals surface area contributed by atoms with Crippen molar-refractivity contribution in [3.8, 4) is 0 Å². The van der Waals surface area contributed by atoms with Gasteiger partial charge in [0.15, 0.2) is 0 Å². The molecule has 16 heavy (non-hydrogen) atoms. The smallest absolute Gasteiger partial charge is 0.221 e. The molecule has 1 unspecified atom stereocenters. The Morgan fingerprint density at radius 1 is 1.62 bits per heavy atom. The molecule has 1 saturated heterocycles. The van der Waals surface area contributed by atoms with E-state index in [2.05, 4.69) is 22.5 Å². The molecule has 1 aliphatic heterocycles. The second kappa shape index (κ2) is 7.60. The van der Waals surface area contributed by atoms with Gasteiger partial charge in [-0.1, -0.05) is 6.92 Å². The molecule has 0 spiro atoms. The van der Waals surface area contributed by atoms with Crippen LogP contribution in [0.2, 0.25) is 0 Å². The summed E-state index contributed by atoms with van der Waals surface area (Å²) in [4.78, 5) is 13.7. The van der Waals surface area contributed by atoms with Gasteiger partial charge in [0, 0.05) is 32.1 Å². The van der Waals surface area contributed by atoms with E-state index in [-0.39, 0.29) is 11.9 Å². The predicted octanol–water partition coefficient (Wildman–Crippen LogP) is -0.567. The first kappa shape index (κ1) is 13.4. The van der Waals surface area contributed by atoms with Crippen molar-refractivity contribution in [3.05, 3.63) is 0 Å². The molecule has 1 rings (SSSR count). The van der Waals surface area contributed by atoms with Gasteiger partial charge in [-0.2, -0.15) is 0 Å². The van der Waals surface area contributed by atoms with Gasteiger partial charge in [0.1, 0.15) is 0 Å². The summed E-state index contributed by atoms with van der Waals surface area (Å²) in [6.45, 7) is 6.96. The van der Waals surface area contributed by atoms with E-state index >= 15 is 0 Å². The molecule has 1 atom stereocenters. The Hall–Kier alpha value is -0.650. The van der Waals surface area contributed by atoms with Gasteiger partial charge in [-0.15, -0.1) is 0 Å². The van der Waals surface area contributed by atoms with Gasteiger partial charge in [-0.3, -0.25) is 4.79 Å². The van der Waals surface area contributed by atoms with Crippen molar-refractivity contribution in [2.75, 3.05) is 46.4 Å². The summed E-state index contributed by atoms with van der Waals surface area (Å²) < 4.78 is 5.29. The van der Waals surface area contributed by atoms with E-state index in [4.69, 9.17) is 4.74 Å². The number of likely N-dealkylation sites (N-methyl/N-ethyl adjacent to an activating group) is 1. The Morgan fingerprint density at radius 2 is 2.44 bits per heavy atom. The Balaban J connectivity index is 2.05. The maximum Gasteiger partial charge on any atom is 0.221 e. The first-order chi connectivity index (χ1) is 7.72. The number of nitrogens with zero attached hydrogens (tertiary/aromatic N) is 1. The molecule has 1 fully saturated rings. The Morgan fingerprint density at radius 3 is 3.06 bits per heavy atom. The number of rotatable bonds is 6. The molecule has 0 aliphatic carbocycles. The highest BCUT2D eigenvalue weighted by Gasteiger charge is 2.16. The van der Waals surface area contributed by atoms with Crippen LogP contribution in [0.25, 0.3) is 0 Å². The number of carbonyl (C=O) groups is 1. The molecule has 1 amide bonds. The number of amides is 1. The Labute approximate surface area is 97.5 Å². The summed E-state index contributed by atoms with van der Waals surface area (Å²) >= 11 is 0. The lowest BCUT2D eigenvalue weighted by atomic mass is 10.2. The van der Waals surface area contributed by atoms with E-state index in [0.717, 1.165) is 32.8 Å². The van der Waals surface area contributed by atoms with E-state index < -0.39 is 0 Å². The minimum atomic E-state index is 0.104. The summed E-state index contributed by atoms with van der Waals surface area (Å²) in [5, 5.41) is 6.18. The summed E-state index contributed by atoms with van der Waals surface area (Å²) in [5.41, 5.74) is 0. The van der Waals surface area contributed by atoms with Crippen LogP contribution in [-0.4, -0.2) is 63.3 Å². The van der Waals surface area contributed by atoms with Gasteiger partial charge in [-0.05, 0) is 13.6 Å². The molecule has 5 heteroatoms. The first-order valence-corrected chi connectivity index (χ1v) is 5.98. The van der Waals surface area contributed by atoms with Gasteiger partial charge in [0.25, 0.3) is 0 Å². The first-order valence-electron chi connectivity index (χ1n) is 5.98. The van der Waals surface area contributed by atoms with Gasteiger partial charge in [0.2, 0.25) is 5.91 Å². The molecule has 94 valence electrons. The third-order valence-corrected chi connectivity index (χ3v) is 2.79. The van der Waals surface area contributed by atoms with Crippen molar-refractivity contribution in [1.29, 1.82) is 0 Å². The van der Waals surface area contributed by atoms with E-state index in [9.17, 15) is 4.79 Å². The third kappa shape index (κ3) is 5.44. The van der Waals surface area contributed by atoms with Crippen LogP contribution in [0, 0.1) is 0 Å². The second-order valence-electron chi connectivity index (χ2n) is 4.18. The van der Waals surface area contributed by atoms with Crippen LogP contribution in [0.3, 0.4) is 0 Å². The maximum atomic E-state index is 11.6. The fourth-order valence-electron chi connectivity index (χ4n) is 1.59. The fraction of sp³-hybridized carbons (Fsp3) is 0.909. The molecule has 1 heterocycles. The molecular weight excluding hydrogens is 206 g/mol. The molecule has 0 aromatic rings. The monoisotopic (exact) mass is 229 g/mol. The zero-order valence-electron chi connectivity index (χ0n) is 10.3. The van der Waals surface area contributed by atoms with Crippen molar-refractivity contribution >= 4 is 5.91 Å². The number of hydrogen-bond donors (Lipinski definition) is 2. The molecule has 0 saturated carbocycles. The van der Waals surface area contributed by atoms with Crippen LogP contribution in [-0.2, 0) is 9.53 Å². The lowest BCUT2D eigenvalue weighted by Crippen LogP contribution is -2.44. The Kier molecular flexibility index (Phi) is 6.37. The third-order valence-electron chi connectivity index (χ3n) is 2.79. The molecule has 5 nitrogen and oxygen atoms in total. The molecule has 0 aromatic carbocycles. The molecule has 1 aliphatic rings. The minimum Gasteiger partial charge on any atom is -0.378 e. The number of morpholine rings is 1. The highest BCUT2D eigenvalue weighted by Crippen LogP contribution is 1.97. The number of ether oxygens (including phenoxy) is 1. The van der Waals surface area contributed by atoms with E-state index in [1.165, 1.54) is 0 Å². The average molecular weight is 229 g/mol. The standard InChI is InChI=1S/C11H23N3O2/c1-3-14(2)6-4-13-11(15)8-10-9-16-7-5-12-10/h10,12H,3-9H2,1-2H3,(H,13,15). The summed E-state index contributed by atoms with van der Waals surface area (Å²) in [6.07, 6.45) is 0.510. The van der Waals surface area contributed by atoms with Crippen LogP contribution in [0.5, 0.6) is 0 Å². The van der Waals surface area contributed by atoms with Gasteiger partial charge in [-0.25, -0.2) is 0 Å².